The lowest BCUT2D eigenvalue weighted by molar-refractivity contribution is -0.119. The highest BCUT2D eigenvalue weighted by Crippen LogP contribution is 2.26. The molecule has 0 aromatic rings. The van der Waals surface area contributed by atoms with Gasteiger partial charge in [-0.3, -0.25) is 10.1 Å². The highest BCUT2D eigenvalue weighted by molar-refractivity contribution is 6.19. The van der Waals surface area contributed by atoms with Crippen molar-refractivity contribution in [3.05, 3.63) is 0 Å². The minimum Gasteiger partial charge on any atom is -0.338 e. The molecule has 0 atom stereocenters. The van der Waals surface area contributed by atoms with Crippen LogP contribution in [0.15, 0.2) is 0 Å². The third-order valence-electron chi connectivity index (χ3n) is 2.89. The number of carbonyl (C=O) groups excluding carboxylic acids is 2. The average molecular weight is 247 g/mol. The van der Waals surface area contributed by atoms with E-state index in [1.807, 2.05) is 0 Å². The first-order valence-electron chi connectivity index (χ1n) is 5.86. The third-order valence-corrected chi connectivity index (χ3v) is 3.08. The van der Waals surface area contributed by atoms with Crippen molar-refractivity contribution in [2.75, 3.05) is 12.4 Å². The van der Waals surface area contributed by atoms with Crippen molar-refractivity contribution in [2.45, 2.75) is 38.5 Å². The van der Waals surface area contributed by atoms with Crippen LogP contribution in [0.2, 0.25) is 0 Å². The van der Waals surface area contributed by atoms with Crippen molar-refractivity contribution in [3.63, 3.8) is 0 Å². The van der Waals surface area contributed by atoms with Crippen LogP contribution in [0.3, 0.4) is 0 Å². The molecular formula is C11H19ClN2O2. The fourth-order valence-electron chi connectivity index (χ4n) is 2.01. The van der Waals surface area contributed by atoms with Gasteiger partial charge in [-0.25, -0.2) is 4.79 Å². The number of urea groups is 1. The molecule has 0 unspecified atom stereocenters. The first-order chi connectivity index (χ1) is 7.72. The second kappa shape index (κ2) is 7.49. The minimum atomic E-state index is -0.409. The van der Waals surface area contributed by atoms with Crippen LogP contribution in [0.5, 0.6) is 0 Å². The van der Waals surface area contributed by atoms with Gasteiger partial charge in [-0.1, -0.05) is 25.7 Å². The summed E-state index contributed by atoms with van der Waals surface area (Å²) in [6.07, 6.45) is 6.35. The van der Waals surface area contributed by atoms with E-state index in [4.69, 9.17) is 11.6 Å². The highest BCUT2D eigenvalue weighted by Gasteiger charge is 2.14. The smallest absolute Gasteiger partial charge is 0.321 e. The number of hydrogen-bond donors (Lipinski definition) is 2. The predicted octanol–water partition coefficient (Wildman–Crippen LogP) is 2.02. The summed E-state index contributed by atoms with van der Waals surface area (Å²) in [6, 6.07) is -0.409. The molecule has 0 spiro atoms. The summed E-state index contributed by atoms with van der Waals surface area (Å²) < 4.78 is 0. The monoisotopic (exact) mass is 246 g/mol. The number of hydrogen-bond acceptors (Lipinski definition) is 2. The molecule has 1 aliphatic carbocycles. The van der Waals surface area contributed by atoms with Crippen molar-refractivity contribution in [2.24, 2.45) is 5.92 Å². The van der Waals surface area contributed by atoms with Crippen molar-refractivity contribution < 1.29 is 9.59 Å². The number of amides is 3. The van der Waals surface area contributed by atoms with Crippen LogP contribution in [0.4, 0.5) is 4.79 Å². The quantitative estimate of drug-likeness (QED) is 0.730. The van der Waals surface area contributed by atoms with E-state index < -0.39 is 6.03 Å². The van der Waals surface area contributed by atoms with Crippen LogP contribution in [0.1, 0.15) is 38.5 Å². The number of alkyl halides is 1. The van der Waals surface area contributed by atoms with Crippen LogP contribution in [-0.4, -0.2) is 24.4 Å². The Morgan fingerprint density at radius 2 is 1.94 bits per heavy atom. The number of carbonyl (C=O) groups is 2. The van der Waals surface area contributed by atoms with Gasteiger partial charge in [0.25, 0.3) is 0 Å². The van der Waals surface area contributed by atoms with Gasteiger partial charge in [0, 0.05) is 18.8 Å². The molecule has 5 heteroatoms. The zero-order valence-corrected chi connectivity index (χ0v) is 10.2. The van der Waals surface area contributed by atoms with E-state index in [0.29, 0.717) is 6.54 Å². The van der Waals surface area contributed by atoms with E-state index in [-0.39, 0.29) is 18.2 Å². The fraction of sp³-hybridized carbons (Fsp3) is 0.818. The van der Waals surface area contributed by atoms with Gasteiger partial charge in [0.2, 0.25) is 5.91 Å². The number of rotatable bonds is 5. The Bertz CT molecular complexity index is 240. The van der Waals surface area contributed by atoms with Gasteiger partial charge in [-0.2, -0.15) is 0 Å². The van der Waals surface area contributed by atoms with E-state index >= 15 is 0 Å². The van der Waals surface area contributed by atoms with Crippen LogP contribution in [0, 0.1) is 5.92 Å². The maximum Gasteiger partial charge on any atom is 0.321 e. The Kier molecular flexibility index (Phi) is 6.23. The van der Waals surface area contributed by atoms with Crippen LogP contribution >= 0.6 is 11.6 Å². The largest absolute Gasteiger partial charge is 0.338 e. The average Bonchev–Trinajstić information content (AvgIpc) is 2.70. The summed E-state index contributed by atoms with van der Waals surface area (Å²) >= 11 is 5.38. The lowest BCUT2D eigenvalue weighted by Crippen LogP contribution is -2.40. The molecule has 0 saturated heterocycles. The van der Waals surface area contributed by atoms with Crippen molar-refractivity contribution in [1.29, 1.82) is 0 Å². The normalized spacial score (nSPS) is 16.1. The summed E-state index contributed by atoms with van der Waals surface area (Å²) in [5.74, 6) is 0.661. The van der Waals surface area contributed by atoms with E-state index in [1.54, 1.807) is 0 Å². The fourth-order valence-corrected chi connectivity index (χ4v) is 2.18. The summed E-state index contributed by atoms with van der Waals surface area (Å²) in [5.41, 5.74) is 0. The Labute approximate surface area is 101 Å². The van der Waals surface area contributed by atoms with E-state index in [1.165, 1.54) is 25.7 Å². The standard InChI is InChI=1S/C11H19ClN2O2/c12-7-5-10(15)14-11(16)13-8-6-9-3-1-2-4-9/h9H,1-8H2,(H2,13,14,15,16). The zero-order valence-electron chi connectivity index (χ0n) is 9.43. The summed E-state index contributed by atoms with van der Waals surface area (Å²) in [6.45, 7) is 0.644. The maximum absolute atomic E-state index is 11.2. The first kappa shape index (κ1) is 13.3. The molecule has 4 nitrogen and oxygen atoms in total. The third kappa shape index (κ3) is 5.35. The van der Waals surface area contributed by atoms with Crippen LogP contribution in [-0.2, 0) is 4.79 Å². The summed E-state index contributed by atoms with van der Waals surface area (Å²) in [5, 5.41) is 4.92. The lowest BCUT2D eigenvalue weighted by Gasteiger charge is -2.09. The van der Waals surface area contributed by atoms with Crippen LogP contribution < -0.4 is 10.6 Å². The molecule has 0 aromatic carbocycles. The molecule has 1 rings (SSSR count). The van der Waals surface area contributed by atoms with E-state index in [9.17, 15) is 9.59 Å². The number of nitrogens with one attached hydrogen (secondary N) is 2. The van der Waals surface area contributed by atoms with Gasteiger partial charge in [0.15, 0.2) is 0 Å². The molecule has 3 amide bonds. The lowest BCUT2D eigenvalue weighted by atomic mass is 10.0. The molecular weight excluding hydrogens is 228 g/mol. The molecule has 0 heterocycles. The second-order valence-electron chi connectivity index (χ2n) is 4.18. The van der Waals surface area contributed by atoms with Gasteiger partial charge in [-0.05, 0) is 12.3 Å². The minimum absolute atomic E-state index is 0.178. The summed E-state index contributed by atoms with van der Waals surface area (Å²) in [7, 11) is 0. The number of halogens is 1. The Morgan fingerprint density at radius 1 is 1.25 bits per heavy atom. The molecule has 16 heavy (non-hydrogen) atoms. The Morgan fingerprint density at radius 3 is 2.56 bits per heavy atom. The topological polar surface area (TPSA) is 58.2 Å². The van der Waals surface area contributed by atoms with Gasteiger partial charge >= 0.3 is 6.03 Å². The van der Waals surface area contributed by atoms with Gasteiger partial charge in [0.05, 0.1) is 0 Å². The molecule has 92 valence electrons. The van der Waals surface area contributed by atoms with Gasteiger partial charge in [0.1, 0.15) is 0 Å². The molecule has 2 N–H and O–H groups in total. The molecule has 0 aliphatic heterocycles. The SMILES string of the molecule is O=C(CCCl)NC(=O)NCCC1CCCC1. The van der Waals surface area contributed by atoms with E-state index in [2.05, 4.69) is 10.6 Å². The first-order valence-corrected chi connectivity index (χ1v) is 6.39. The molecule has 1 aliphatic rings. The van der Waals surface area contributed by atoms with E-state index in [0.717, 1.165) is 12.3 Å². The second-order valence-corrected chi connectivity index (χ2v) is 4.56. The molecule has 1 fully saturated rings. The molecule has 0 bridgehead atoms. The van der Waals surface area contributed by atoms with Gasteiger partial charge < -0.3 is 5.32 Å². The van der Waals surface area contributed by atoms with Crippen molar-refractivity contribution >= 4 is 23.5 Å². The van der Waals surface area contributed by atoms with Crippen molar-refractivity contribution in [3.8, 4) is 0 Å². The zero-order chi connectivity index (χ0) is 11.8. The summed E-state index contributed by atoms with van der Waals surface area (Å²) in [4.78, 5) is 22.2. The number of imide groups is 1. The predicted molar refractivity (Wildman–Crippen MR) is 63.5 cm³/mol. The van der Waals surface area contributed by atoms with Crippen LogP contribution in [0.25, 0.3) is 0 Å². The molecule has 1 saturated carbocycles. The Hall–Kier alpha value is -0.770. The van der Waals surface area contributed by atoms with Crippen molar-refractivity contribution in [1.82, 2.24) is 10.6 Å². The molecule has 0 radical (unpaired) electrons. The van der Waals surface area contributed by atoms with Gasteiger partial charge in [-0.15, -0.1) is 11.6 Å². The Balaban J connectivity index is 2.03. The highest BCUT2D eigenvalue weighted by atomic mass is 35.5. The molecule has 0 aromatic heterocycles. The maximum atomic E-state index is 11.2.